The second-order valence-corrected chi connectivity index (χ2v) is 11.3. The maximum absolute atomic E-state index is 13.1. The molecule has 1 amide bonds. The largest absolute Gasteiger partial charge is 0.295 e. The average Bonchev–Trinajstić information content (AvgIpc) is 3.30. The summed E-state index contributed by atoms with van der Waals surface area (Å²) in [5.74, 6) is -0.465. The van der Waals surface area contributed by atoms with E-state index in [9.17, 15) is 26.4 Å². The van der Waals surface area contributed by atoms with Crippen molar-refractivity contribution in [1.29, 1.82) is 0 Å². The Morgan fingerprint density at radius 1 is 0.868 bits per heavy atom. The third kappa shape index (κ3) is 5.15. The lowest BCUT2D eigenvalue weighted by Gasteiger charge is -2.11. The molecule has 0 radical (unpaired) electrons. The van der Waals surface area contributed by atoms with Crippen molar-refractivity contribution >= 4 is 43.1 Å². The van der Waals surface area contributed by atoms with Crippen LogP contribution in [0.15, 0.2) is 85.9 Å². The molecule has 1 aliphatic heterocycles. The summed E-state index contributed by atoms with van der Waals surface area (Å²) in [5.41, 5.74) is 2.34. The van der Waals surface area contributed by atoms with Crippen LogP contribution in [0.2, 0.25) is 0 Å². The van der Waals surface area contributed by atoms with Gasteiger partial charge in [-0.25, -0.2) is 4.68 Å². The lowest BCUT2D eigenvalue weighted by atomic mass is 10.1. The van der Waals surface area contributed by atoms with Gasteiger partial charge in [0.2, 0.25) is 0 Å². The van der Waals surface area contributed by atoms with E-state index in [0.717, 1.165) is 17.1 Å². The highest BCUT2D eigenvalue weighted by Crippen LogP contribution is 2.26. The van der Waals surface area contributed by atoms with E-state index in [1.165, 1.54) is 47.2 Å². The number of carbonyl (C=O) groups is 1. The number of H-pyrrole nitrogens is 1. The molecule has 2 heterocycles. The van der Waals surface area contributed by atoms with Crippen LogP contribution in [0.1, 0.15) is 25.1 Å². The van der Waals surface area contributed by atoms with Crippen molar-refractivity contribution in [3.8, 4) is 5.69 Å². The average molecular weight is 559 g/mol. The smallest absolute Gasteiger partial charge is 0.294 e. The summed E-state index contributed by atoms with van der Waals surface area (Å²) in [6.07, 6.45) is 3.13. The number of amides is 1. The van der Waals surface area contributed by atoms with Crippen LogP contribution in [-0.2, 0) is 25.0 Å². The van der Waals surface area contributed by atoms with E-state index in [2.05, 4.69) is 10.2 Å². The van der Waals surface area contributed by atoms with Crippen LogP contribution in [0.3, 0.4) is 0 Å². The van der Waals surface area contributed by atoms with Crippen molar-refractivity contribution in [2.24, 2.45) is 5.10 Å². The standard InChI is InChI=1S/C24H22N4O8S2/c1-14(22-16(3)26-28(24(22)30)18-7-11-20(12-8-18)38(34,35)36)4-13-21-15(2)25-27(23(21)29)17-5-9-19(10-6-17)37(31,32)33/h4-13,26H,1-3H3,(H,31,32,33)(H,34,35,36). The predicted octanol–water partition coefficient (Wildman–Crippen LogP) is 2.72. The summed E-state index contributed by atoms with van der Waals surface area (Å²) >= 11 is 0. The lowest BCUT2D eigenvalue weighted by molar-refractivity contribution is -0.114. The molecule has 1 aliphatic rings. The minimum Gasteiger partial charge on any atom is -0.295 e. The molecule has 0 aliphatic carbocycles. The Balaban J connectivity index is 1.62. The molecule has 0 atom stereocenters. The van der Waals surface area contributed by atoms with Crippen LogP contribution in [0.5, 0.6) is 0 Å². The Labute approximate surface area is 217 Å². The van der Waals surface area contributed by atoms with Gasteiger partial charge in [-0.15, -0.1) is 0 Å². The van der Waals surface area contributed by atoms with Gasteiger partial charge in [0.05, 0.1) is 38.0 Å². The summed E-state index contributed by atoms with van der Waals surface area (Å²) in [5, 5.41) is 8.25. The fraction of sp³-hybridized carbons (Fsp3) is 0.125. The van der Waals surface area contributed by atoms with Crippen molar-refractivity contribution < 1.29 is 30.7 Å². The maximum Gasteiger partial charge on any atom is 0.294 e. The summed E-state index contributed by atoms with van der Waals surface area (Å²) in [4.78, 5) is 25.5. The number of hydrogen-bond acceptors (Lipinski definition) is 7. The predicted molar refractivity (Wildman–Crippen MR) is 140 cm³/mol. The highest BCUT2D eigenvalue weighted by atomic mass is 32.2. The van der Waals surface area contributed by atoms with Crippen LogP contribution in [0.4, 0.5) is 5.69 Å². The fourth-order valence-electron chi connectivity index (χ4n) is 3.90. The highest BCUT2D eigenvalue weighted by Gasteiger charge is 2.28. The number of allylic oxidation sites excluding steroid dienone is 3. The monoisotopic (exact) mass is 558 g/mol. The SMILES string of the molecule is CC(=CC=C1C(=O)N(c2ccc(S(=O)(=O)O)cc2)N=C1C)c1c(C)[nH]n(-c2ccc(S(=O)(=O)O)cc2)c1=O. The fourth-order valence-corrected chi connectivity index (χ4v) is 4.86. The van der Waals surface area contributed by atoms with Crippen LogP contribution in [0.25, 0.3) is 11.3 Å². The molecule has 38 heavy (non-hydrogen) atoms. The number of aromatic amines is 1. The van der Waals surface area contributed by atoms with Crippen LogP contribution < -0.4 is 10.6 Å². The van der Waals surface area contributed by atoms with Gasteiger partial charge in [0.25, 0.3) is 31.7 Å². The summed E-state index contributed by atoms with van der Waals surface area (Å²) in [6, 6.07) is 10.1. The Kier molecular flexibility index (Phi) is 6.84. The third-order valence-electron chi connectivity index (χ3n) is 5.80. The second-order valence-electron chi connectivity index (χ2n) is 8.42. The molecule has 198 valence electrons. The molecule has 0 unspecified atom stereocenters. The van der Waals surface area contributed by atoms with Crippen LogP contribution in [-0.4, -0.2) is 47.3 Å². The number of hydrogen-bond donors (Lipinski definition) is 3. The lowest BCUT2D eigenvalue weighted by Crippen LogP contribution is -2.21. The van der Waals surface area contributed by atoms with E-state index in [-0.39, 0.29) is 15.4 Å². The van der Waals surface area contributed by atoms with E-state index in [0.29, 0.717) is 33.9 Å². The van der Waals surface area contributed by atoms with E-state index >= 15 is 0 Å². The van der Waals surface area contributed by atoms with Crippen molar-refractivity contribution in [3.63, 3.8) is 0 Å². The summed E-state index contributed by atoms with van der Waals surface area (Å²) in [6.45, 7) is 5.01. The highest BCUT2D eigenvalue weighted by molar-refractivity contribution is 7.86. The van der Waals surface area contributed by atoms with Crippen LogP contribution in [0, 0.1) is 6.92 Å². The van der Waals surface area contributed by atoms with Gasteiger partial charge < -0.3 is 0 Å². The normalized spacial score (nSPS) is 15.9. The van der Waals surface area contributed by atoms with Crippen molar-refractivity contribution in [2.75, 3.05) is 5.01 Å². The number of rotatable bonds is 6. The van der Waals surface area contributed by atoms with Crippen molar-refractivity contribution in [1.82, 2.24) is 9.78 Å². The van der Waals surface area contributed by atoms with E-state index in [4.69, 9.17) is 9.11 Å². The first-order chi connectivity index (χ1) is 17.7. The molecular weight excluding hydrogens is 536 g/mol. The molecule has 3 N–H and O–H groups in total. The molecule has 0 saturated heterocycles. The second kappa shape index (κ2) is 9.64. The topological polar surface area (TPSA) is 179 Å². The third-order valence-corrected chi connectivity index (χ3v) is 7.54. The minimum absolute atomic E-state index is 0.262. The van der Waals surface area contributed by atoms with Crippen LogP contribution >= 0.6 is 0 Å². The number of hydrazone groups is 1. The Morgan fingerprint density at radius 2 is 1.37 bits per heavy atom. The number of nitrogens with zero attached hydrogens (tertiary/aromatic N) is 3. The molecule has 2 aromatic carbocycles. The number of aromatic nitrogens is 2. The van der Waals surface area contributed by atoms with Gasteiger partial charge in [-0.1, -0.05) is 6.08 Å². The zero-order chi connectivity index (χ0) is 28.0. The quantitative estimate of drug-likeness (QED) is 0.305. The van der Waals surface area contributed by atoms with Gasteiger partial charge in [-0.3, -0.25) is 23.8 Å². The first kappa shape index (κ1) is 26.9. The minimum atomic E-state index is -4.38. The molecule has 0 saturated carbocycles. The first-order valence-electron chi connectivity index (χ1n) is 10.9. The number of anilines is 1. The van der Waals surface area contributed by atoms with Gasteiger partial charge in [0.15, 0.2) is 0 Å². The number of benzene rings is 2. The van der Waals surface area contributed by atoms with Gasteiger partial charge in [-0.2, -0.15) is 26.9 Å². The summed E-state index contributed by atoms with van der Waals surface area (Å²) < 4.78 is 64.6. The number of aryl methyl sites for hydroxylation is 1. The molecule has 0 fully saturated rings. The number of carbonyl (C=O) groups excluding carboxylic acids is 1. The zero-order valence-corrected chi connectivity index (χ0v) is 21.9. The molecule has 14 heteroatoms. The first-order valence-corrected chi connectivity index (χ1v) is 13.8. The molecular formula is C24H22N4O8S2. The van der Waals surface area contributed by atoms with Gasteiger partial charge in [0, 0.05) is 5.69 Å². The molecule has 4 rings (SSSR count). The Hall–Kier alpha value is -4.11. The summed E-state index contributed by atoms with van der Waals surface area (Å²) in [7, 11) is -8.75. The zero-order valence-electron chi connectivity index (χ0n) is 20.3. The van der Waals surface area contributed by atoms with Crippen molar-refractivity contribution in [2.45, 2.75) is 30.6 Å². The molecule has 12 nitrogen and oxygen atoms in total. The maximum atomic E-state index is 13.1. The molecule has 0 bridgehead atoms. The van der Waals surface area contributed by atoms with Gasteiger partial charge >= 0.3 is 0 Å². The molecule has 1 aromatic heterocycles. The van der Waals surface area contributed by atoms with E-state index in [1.54, 1.807) is 26.8 Å². The van der Waals surface area contributed by atoms with Gasteiger partial charge in [0.1, 0.15) is 0 Å². The Morgan fingerprint density at radius 3 is 1.87 bits per heavy atom. The van der Waals surface area contributed by atoms with E-state index in [1.807, 2.05) is 0 Å². The molecule has 3 aromatic rings. The van der Waals surface area contributed by atoms with E-state index < -0.39 is 31.7 Å². The van der Waals surface area contributed by atoms with Crippen molar-refractivity contribution in [3.05, 3.63) is 87.9 Å². The number of nitrogens with one attached hydrogen (secondary N) is 1. The Bertz CT molecular complexity index is 1810. The molecule has 0 spiro atoms. The van der Waals surface area contributed by atoms with Gasteiger partial charge in [-0.05, 0) is 81.0 Å².